The Morgan fingerprint density at radius 1 is 1.82 bits per heavy atom. The van der Waals surface area contributed by atoms with Crippen molar-refractivity contribution in [2.75, 3.05) is 12.4 Å². The predicted octanol–water partition coefficient (Wildman–Crippen LogP) is 1.85. The molecule has 0 spiro atoms. The van der Waals surface area contributed by atoms with Gasteiger partial charge in [0.1, 0.15) is 0 Å². The lowest BCUT2D eigenvalue weighted by Gasteiger charge is -2.13. The SMILES string of the molecule is CCOP(N)(=S)SCCC#N. The second-order valence-corrected chi connectivity index (χ2v) is 8.43. The Kier molecular flexibility index (Phi) is 6.21. The highest BCUT2D eigenvalue weighted by Gasteiger charge is 2.09. The zero-order chi connectivity index (χ0) is 8.74. The van der Waals surface area contributed by atoms with Gasteiger partial charge in [0.15, 0.2) is 5.62 Å². The van der Waals surface area contributed by atoms with E-state index < -0.39 is 5.62 Å². The first-order valence-corrected chi connectivity index (χ1v) is 7.55. The molecule has 0 aromatic rings. The van der Waals surface area contributed by atoms with E-state index in [1.54, 1.807) is 0 Å². The molecule has 64 valence electrons. The van der Waals surface area contributed by atoms with Gasteiger partial charge in [0.25, 0.3) is 0 Å². The average Bonchev–Trinajstić information content (AvgIpc) is 1.87. The molecular weight excluding hydrogens is 199 g/mol. The molecule has 1 atom stereocenters. The minimum absolute atomic E-state index is 0.479. The van der Waals surface area contributed by atoms with Gasteiger partial charge in [-0.1, -0.05) is 11.4 Å². The van der Waals surface area contributed by atoms with Crippen molar-refractivity contribution < 1.29 is 4.52 Å². The summed E-state index contributed by atoms with van der Waals surface area (Å²) in [5, 5.41) is 8.23. The van der Waals surface area contributed by atoms with E-state index in [1.165, 1.54) is 11.4 Å². The molecule has 0 radical (unpaired) electrons. The third-order valence-electron chi connectivity index (χ3n) is 0.794. The first-order chi connectivity index (χ1) is 5.12. The van der Waals surface area contributed by atoms with Gasteiger partial charge < -0.3 is 4.52 Å². The Labute approximate surface area is 76.2 Å². The summed E-state index contributed by atoms with van der Waals surface area (Å²) in [6.07, 6.45) is 0.479. The van der Waals surface area contributed by atoms with Crippen LogP contribution in [-0.2, 0) is 16.3 Å². The molecular formula is C5H11N2OPS2. The molecule has 1 unspecified atom stereocenters. The van der Waals surface area contributed by atoms with Gasteiger partial charge in [-0.05, 0) is 18.7 Å². The van der Waals surface area contributed by atoms with Gasteiger partial charge in [0, 0.05) is 12.2 Å². The van der Waals surface area contributed by atoms with Gasteiger partial charge in [-0.15, -0.1) is 0 Å². The Hall–Kier alpha value is 0.410. The van der Waals surface area contributed by atoms with E-state index in [0.717, 1.165) is 0 Å². The first-order valence-electron chi connectivity index (χ1n) is 3.17. The first kappa shape index (κ1) is 11.4. The zero-order valence-electron chi connectivity index (χ0n) is 6.32. The maximum Gasteiger partial charge on any atom is 0.183 e. The molecule has 0 aliphatic rings. The van der Waals surface area contributed by atoms with E-state index in [1.807, 2.05) is 13.0 Å². The van der Waals surface area contributed by atoms with Gasteiger partial charge in [-0.2, -0.15) is 5.26 Å². The smallest absolute Gasteiger partial charge is 0.183 e. The van der Waals surface area contributed by atoms with Crippen molar-refractivity contribution in [2.24, 2.45) is 5.50 Å². The summed E-state index contributed by atoms with van der Waals surface area (Å²) in [6.45, 7) is 2.41. The topological polar surface area (TPSA) is 59.0 Å². The van der Waals surface area contributed by atoms with E-state index in [0.29, 0.717) is 18.8 Å². The molecule has 11 heavy (non-hydrogen) atoms. The summed E-state index contributed by atoms with van der Waals surface area (Å²) in [5.74, 6) is 0.671. The molecule has 0 heterocycles. The number of nitrogens with zero attached hydrogens (tertiary/aromatic N) is 1. The maximum absolute atomic E-state index is 8.23. The van der Waals surface area contributed by atoms with Crippen molar-refractivity contribution in [2.45, 2.75) is 13.3 Å². The Morgan fingerprint density at radius 3 is 2.91 bits per heavy atom. The van der Waals surface area contributed by atoms with Gasteiger partial charge in [0.05, 0.1) is 12.7 Å². The van der Waals surface area contributed by atoms with Crippen LogP contribution in [0, 0.1) is 11.3 Å². The highest BCUT2D eigenvalue weighted by Crippen LogP contribution is 2.52. The Bertz CT molecular complexity index is 191. The summed E-state index contributed by atoms with van der Waals surface area (Å²) in [5.41, 5.74) is 3.50. The molecule has 0 fully saturated rings. The quantitative estimate of drug-likeness (QED) is 0.554. The lowest BCUT2D eigenvalue weighted by atomic mass is 10.6. The minimum Gasteiger partial charge on any atom is -0.331 e. The van der Waals surface area contributed by atoms with Gasteiger partial charge in [-0.25, -0.2) is 0 Å². The molecule has 0 aliphatic carbocycles. The zero-order valence-corrected chi connectivity index (χ0v) is 8.85. The van der Waals surface area contributed by atoms with Crippen molar-refractivity contribution in [3.8, 4) is 6.07 Å². The fourth-order valence-electron chi connectivity index (χ4n) is 0.436. The van der Waals surface area contributed by atoms with Crippen LogP contribution in [0.3, 0.4) is 0 Å². The van der Waals surface area contributed by atoms with Crippen LogP contribution in [0.1, 0.15) is 13.3 Å². The molecule has 6 heteroatoms. The number of nitriles is 1. The summed E-state index contributed by atoms with van der Waals surface area (Å²) in [6, 6.07) is 2.02. The van der Waals surface area contributed by atoms with Crippen LogP contribution in [0.4, 0.5) is 0 Å². The molecule has 0 aliphatic heterocycles. The molecule has 0 aromatic heterocycles. The maximum atomic E-state index is 8.23. The fraction of sp³-hybridized carbons (Fsp3) is 0.800. The summed E-state index contributed by atoms with van der Waals surface area (Å²) >= 11 is 6.36. The van der Waals surface area contributed by atoms with Crippen LogP contribution in [0.15, 0.2) is 0 Å². The molecule has 0 rings (SSSR count). The average molecular weight is 210 g/mol. The minimum atomic E-state index is -2.12. The van der Waals surface area contributed by atoms with Crippen molar-refractivity contribution in [1.82, 2.24) is 0 Å². The van der Waals surface area contributed by atoms with Crippen LogP contribution >= 0.6 is 17.0 Å². The second kappa shape index (κ2) is 5.99. The standard InChI is InChI=1S/C5H11N2OPS2/c1-2-8-9(7,10)11-5-3-4-6/h2-3,5H2,1H3,(H2,7,10). The predicted molar refractivity (Wildman–Crippen MR) is 52.8 cm³/mol. The lowest BCUT2D eigenvalue weighted by molar-refractivity contribution is 0.385. The number of hydrogen-bond acceptors (Lipinski definition) is 4. The number of nitrogens with two attached hydrogens (primary N) is 1. The van der Waals surface area contributed by atoms with Gasteiger partial charge in [0.2, 0.25) is 0 Å². The van der Waals surface area contributed by atoms with Crippen molar-refractivity contribution >= 4 is 28.8 Å². The van der Waals surface area contributed by atoms with E-state index in [-0.39, 0.29) is 0 Å². The van der Waals surface area contributed by atoms with Crippen LogP contribution < -0.4 is 5.50 Å². The van der Waals surface area contributed by atoms with Crippen molar-refractivity contribution in [1.29, 1.82) is 5.26 Å². The molecule has 0 saturated carbocycles. The fourth-order valence-corrected chi connectivity index (χ4v) is 3.87. The van der Waals surface area contributed by atoms with E-state index >= 15 is 0 Å². The molecule has 2 N–H and O–H groups in total. The summed E-state index contributed by atoms with van der Waals surface area (Å²) in [4.78, 5) is 0. The van der Waals surface area contributed by atoms with Gasteiger partial charge >= 0.3 is 0 Å². The number of hydrogen-bond donors (Lipinski definition) is 1. The molecule has 0 aromatic carbocycles. The third kappa shape index (κ3) is 6.79. The summed E-state index contributed by atoms with van der Waals surface area (Å²) in [7, 11) is 0. The van der Waals surface area contributed by atoms with Crippen LogP contribution in [0.25, 0.3) is 0 Å². The van der Waals surface area contributed by atoms with Crippen molar-refractivity contribution in [3.05, 3.63) is 0 Å². The van der Waals surface area contributed by atoms with E-state index in [2.05, 4.69) is 0 Å². The van der Waals surface area contributed by atoms with Crippen LogP contribution in [0.5, 0.6) is 0 Å². The van der Waals surface area contributed by atoms with Crippen molar-refractivity contribution in [3.63, 3.8) is 0 Å². The molecule has 3 nitrogen and oxygen atoms in total. The number of rotatable bonds is 5. The van der Waals surface area contributed by atoms with E-state index in [9.17, 15) is 0 Å². The third-order valence-corrected chi connectivity index (χ3v) is 5.37. The lowest BCUT2D eigenvalue weighted by Crippen LogP contribution is -1.95. The molecule has 0 bridgehead atoms. The normalized spacial score (nSPS) is 15.4. The largest absolute Gasteiger partial charge is 0.331 e. The Morgan fingerprint density at radius 2 is 2.45 bits per heavy atom. The molecule has 0 saturated heterocycles. The Balaban J connectivity index is 3.57. The van der Waals surface area contributed by atoms with E-state index in [4.69, 9.17) is 27.1 Å². The molecule has 0 amide bonds. The van der Waals surface area contributed by atoms with Crippen LogP contribution in [-0.4, -0.2) is 12.4 Å². The monoisotopic (exact) mass is 210 g/mol. The second-order valence-electron chi connectivity index (χ2n) is 1.70. The van der Waals surface area contributed by atoms with Crippen LogP contribution in [0.2, 0.25) is 0 Å². The van der Waals surface area contributed by atoms with Gasteiger partial charge in [-0.3, -0.25) is 5.50 Å². The highest BCUT2D eigenvalue weighted by atomic mass is 32.9. The highest BCUT2D eigenvalue weighted by molar-refractivity contribution is 8.68. The summed E-state index contributed by atoms with van der Waals surface area (Å²) < 4.78 is 5.13.